The first-order valence-electron chi connectivity index (χ1n) is 7.87. The first-order valence-corrected chi connectivity index (χ1v) is 7.87. The highest BCUT2D eigenvalue weighted by atomic mass is 16.5. The number of carbonyl (C=O) groups excluding carboxylic acids is 1. The monoisotopic (exact) mass is 325 g/mol. The fourth-order valence-corrected chi connectivity index (χ4v) is 3.44. The van der Waals surface area contributed by atoms with E-state index in [4.69, 9.17) is 4.74 Å². The topological polar surface area (TPSA) is 66.8 Å². The third-order valence-electron chi connectivity index (χ3n) is 4.47. The highest BCUT2D eigenvalue weighted by Gasteiger charge is 2.41. The summed E-state index contributed by atoms with van der Waals surface area (Å²) in [5, 5.41) is 9.59. The molecule has 124 valence electrons. The van der Waals surface area contributed by atoms with Gasteiger partial charge in [-0.25, -0.2) is 9.59 Å². The van der Waals surface area contributed by atoms with Crippen LogP contribution in [0, 0.1) is 0 Å². The smallest absolute Gasteiger partial charge is 0.411 e. The number of carboxylic acids is 1. The molecule has 1 aliphatic carbocycles. The second kappa shape index (κ2) is 6.35. The van der Waals surface area contributed by atoms with E-state index < -0.39 is 24.1 Å². The molecule has 1 aliphatic rings. The van der Waals surface area contributed by atoms with Gasteiger partial charge in [0.1, 0.15) is 6.04 Å². The van der Waals surface area contributed by atoms with Crippen molar-refractivity contribution in [3.8, 4) is 11.1 Å². The van der Waals surface area contributed by atoms with Gasteiger partial charge in [-0.15, -0.1) is 0 Å². The number of hydrogen-bond acceptors (Lipinski definition) is 3. The van der Waals surface area contributed by atoms with Crippen LogP contribution in [0.15, 0.2) is 48.5 Å². The van der Waals surface area contributed by atoms with E-state index in [0.717, 1.165) is 22.3 Å². The molecule has 5 nitrogen and oxygen atoms in total. The van der Waals surface area contributed by atoms with Crippen molar-refractivity contribution in [2.24, 2.45) is 0 Å². The summed E-state index contributed by atoms with van der Waals surface area (Å²) < 4.78 is 4.91. The van der Waals surface area contributed by atoms with Crippen molar-refractivity contribution in [3.63, 3.8) is 0 Å². The van der Waals surface area contributed by atoms with E-state index in [-0.39, 0.29) is 0 Å². The highest BCUT2D eigenvalue weighted by molar-refractivity contribution is 5.85. The molecule has 1 amide bonds. The number of fused-ring (bicyclic) bond motifs is 3. The maximum Gasteiger partial charge on any atom is 0.411 e. The van der Waals surface area contributed by atoms with Crippen molar-refractivity contribution in [2.75, 3.05) is 7.11 Å². The molecule has 0 bridgehead atoms. The van der Waals surface area contributed by atoms with Gasteiger partial charge in [0.15, 0.2) is 0 Å². The van der Waals surface area contributed by atoms with Crippen LogP contribution in [-0.4, -0.2) is 35.2 Å². The SMILES string of the molecule is CC[C@H](C(=O)O)N(C(=O)OC)C1c2ccccc2-c2ccccc21. The lowest BCUT2D eigenvalue weighted by molar-refractivity contribution is -0.143. The Morgan fingerprint density at radius 2 is 1.58 bits per heavy atom. The van der Waals surface area contributed by atoms with Crippen LogP contribution in [0.2, 0.25) is 0 Å². The summed E-state index contributed by atoms with van der Waals surface area (Å²) in [5.74, 6) is -1.04. The molecule has 2 aromatic carbocycles. The van der Waals surface area contributed by atoms with Crippen molar-refractivity contribution in [1.82, 2.24) is 4.90 Å². The first kappa shape index (κ1) is 16.1. The van der Waals surface area contributed by atoms with Gasteiger partial charge < -0.3 is 9.84 Å². The van der Waals surface area contributed by atoms with Crippen LogP contribution in [0.1, 0.15) is 30.5 Å². The molecular formula is C19H19NO4. The Morgan fingerprint density at radius 3 is 2.00 bits per heavy atom. The number of benzene rings is 2. The fourth-order valence-electron chi connectivity index (χ4n) is 3.44. The molecule has 0 aliphatic heterocycles. The Balaban J connectivity index is 2.21. The van der Waals surface area contributed by atoms with Crippen LogP contribution in [0.4, 0.5) is 4.79 Å². The number of methoxy groups -OCH3 is 1. The molecule has 3 rings (SSSR count). The predicted molar refractivity (Wildman–Crippen MR) is 89.7 cm³/mol. The Morgan fingerprint density at radius 1 is 1.08 bits per heavy atom. The van der Waals surface area contributed by atoms with Gasteiger partial charge in [-0.3, -0.25) is 4.90 Å². The lowest BCUT2D eigenvalue weighted by Crippen LogP contribution is -2.46. The lowest BCUT2D eigenvalue weighted by Gasteiger charge is -2.33. The second-order valence-corrected chi connectivity index (χ2v) is 5.72. The summed E-state index contributed by atoms with van der Waals surface area (Å²) >= 11 is 0. The summed E-state index contributed by atoms with van der Waals surface area (Å²) in [6, 6.07) is 14.1. The zero-order valence-corrected chi connectivity index (χ0v) is 13.6. The van der Waals surface area contributed by atoms with Crippen molar-refractivity contribution in [1.29, 1.82) is 0 Å². The molecule has 1 N–H and O–H groups in total. The molecule has 1 atom stereocenters. The maximum atomic E-state index is 12.5. The Kier molecular flexibility index (Phi) is 4.25. The van der Waals surface area contributed by atoms with Crippen molar-refractivity contribution in [2.45, 2.75) is 25.4 Å². The summed E-state index contributed by atoms with van der Waals surface area (Å²) in [4.78, 5) is 25.5. The minimum absolute atomic E-state index is 0.297. The van der Waals surface area contributed by atoms with Crippen LogP contribution in [0.5, 0.6) is 0 Å². The molecular weight excluding hydrogens is 306 g/mol. The van der Waals surface area contributed by atoms with Gasteiger partial charge in [-0.05, 0) is 28.7 Å². The molecule has 0 saturated heterocycles. The Labute approximate surface area is 140 Å². The van der Waals surface area contributed by atoms with Gasteiger partial charge in [0.25, 0.3) is 0 Å². The van der Waals surface area contributed by atoms with Gasteiger partial charge in [0.2, 0.25) is 0 Å². The number of rotatable bonds is 4. The minimum atomic E-state index is -1.04. The molecule has 0 saturated carbocycles. The van der Waals surface area contributed by atoms with E-state index in [1.165, 1.54) is 12.0 Å². The Bertz CT molecular complexity index is 741. The molecule has 0 heterocycles. The molecule has 0 unspecified atom stereocenters. The molecule has 5 heteroatoms. The molecule has 0 aromatic heterocycles. The summed E-state index contributed by atoms with van der Waals surface area (Å²) in [6.07, 6.45) is -0.341. The predicted octanol–water partition coefficient (Wildman–Crippen LogP) is 3.69. The average molecular weight is 325 g/mol. The standard InChI is InChI=1S/C19H19NO4/c1-3-16(18(21)22)20(19(23)24-2)17-14-10-6-4-8-12(14)13-9-5-7-11-15(13)17/h4-11,16-17H,3H2,1-2H3,(H,21,22)/t16-/m1/s1. The number of carbonyl (C=O) groups is 2. The third kappa shape index (κ3) is 2.42. The van der Waals surface area contributed by atoms with E-state index in [9.17, 15) is 14.7 Å². The van der Waals surface area contributed by atoms with E-state index in [1.54, 1.807) is 6.92 Å². The number of aliphatic carboxylic acids is 1. The van der Waals surface area contributed by atoms with Crippen molar-refractivity contribution in [3.05, 3.63) is 59.7 Å². The van der Waals surface area contributed by atoms with E-state index in [1.807, 2.05) is 48.5 Å². The largest absolute Gasteiger partial charge is 0.480 e. The summed E-state index contributed by atoms with van der Waals surface area (Å²) in [7, 11) is 1.27. The zero-order valence-electron chi connectivity index (χ0n) is 13.6. The second-order valence-electron chi connectivity index (χ2n) is 5.72. The average Bonchev–Trinajstić information content (AvgIpc) is 2.93. The number of hydrogen-bond donors (Lipinski definition) is 1. The van der Waals surface area contributed by atoms with Crippen molar-refractivity contribution < 1.29 is 19.4 Å². The van der Waals surface area contributed by atoms with Gasteiger partial charge in [0, 0.05) is 0 Å². The van der Waals surface area contributed by atoms with E-state index >= 15 is 0 Å². The Hall–Kier alpha value is -2.82. The number of ether oxygens (including phenoxy) is 1. The molecule has 0 spiro atoms. The zero-order chi connectivity index (χ0) is 17.3. The van der Waals surface area contributed by atoms with Gasteiger partial charge in [-0.1, -0.05) is 55.5 Å². The lowest BCUT2D eigenvalue weighted by atomic mass is 10.0. The molecule has 0 radical (unpaired) electrons. The first-order chi connectivity index (χ1) is 11.6. The van der Waals surface area contributed by atoms with Crippen LogP contribution < -0.4 is 0 Å². The quantitative estimate of drug-likeness (QED) is 0.931. The van der Waals surface area contributed by atoms with Gasteiger partial charge >= 0.3 is 12.1 Å². The number of carboxylic acid groups (broad SMARTS) is 1. The van der Waals surface area contributed by atoms with E-state index in [2.05, 4.69) is 0 Å². The van der Waals surface area contributed by atoms with Crippen LogP contribution in [-0.2, 0) is 9.53 Å². The third-order valence-corrected chi connectivity index (χ3v) is 4.47. The summed E-state index contributed by atoms with van der Waals surface area (Å²) in [6.45, 7) is 1.75. The number of amides is 1. The highest BCUT2D eigenvalue weighted by Crippen LogP contribution is 2.47. The summed E-state index contributed by atoms with van der Waals surface area (Å²) in [5.41, 5.74) is 3.88. The van der Waals surface area contributed by atoms with Gasteiger partial charge in [-0.2, -0.15) is 0 Å². The molecule has 0 fully saturated rings. The molecule has 2 aromatic rings. The van der Waals surface area contributed by atoms with Crippen molar-refractivity contribution >= 4 is 12.1 Å². The van der Waals surface area contributed by atoms with Crippen LogP contribution in [0.25, 0.3) is 11.1 Å². The fraction of sp³-hybridized carbons (Fsp3) is 0.263. The van der Waals surface area contributed by atoms with Crippen LogP contribution in [0.3, 0.4) is 0 Å². The molecule has 24 heavy (non-hydrogen) atoms. The normalized spacial score (nSPS) is 13.8. The van der Waals surface area contributed by atoms with Crippen LogP contribution >= 0.6 is 0 Å². The minimum Gasteiger partial charge on any atom is -0.480 e. The number of nitrogens with zero attached hydrogens (tertiary/aromatic N) is 1. The maximum absolute atomic E-state index is 12.5. The van der Waals surface area contributed by atoms with Gasteiger partial charge in [0.05, 0.1) is 13.2 Å². The van der Waals surface area contributed by atoms with E-state index in [0.29, 0.717) is 6.42 Å².